The molecule has 2 aromatic rings. The molecule has 0 N–H and O–H groups in total. The molecule has 0 saturated heterocycles. The number of hydrogen-bond donors (Lipinski definition) is 0. The van der Waals surface area contributed by atoms with Crippen LogP contribution in [-0.4, -0.2) is 78.7 Å². The number of likely N-dealkylation sites (N-methyl/N-ethyl adjacent to an activating group) is 2. The summed E-state index contributed by atoms with van der Waals surface area (Å²) in [6.45, 7) is 2.34. The van der Waals surface area contributed by atoms with Gasteiger partial charge in [0.25, 0.3) is 5.91 Å². The summed E-state index contributed by atoms with van der Waals surface area (Å²) >= 11 is 0. The molecule has 1 amide bonds. The van der Waals surface area contributed by atoms with E-state index >= 15 is 0 Å². The van der Waals surface area contributed by atoms with E-state index in [9.17, 15) is 4.79 Å². The highest BCUT2D eigenvalue weighted by atomic mass is 16.2. The van der Waals surface area contributed by atoms with Crippen LogP contribution in [0.1, 0.15) is 15.9 Å². The normalized spacial score (nSPS) is 11.3. The fourth-order valence-corrected chi connectivity index (χ4v) is 2.45. The highest BCUT2D eigenvalue weighted by Gasteiger charge is 2.17. The van der Waals surface area contributed by atoms with E-state index in [-0.39, 0.29) is 5.91 Å². The number of hydrogen-bond acceptors (Lipinski definition) is 4. The molecule has 0 spiro atoms. The fraction of sp³-hybridized carbons (Fsp3) is 0.444. The third-order valence-electron chi connectivity index (χ3n) is 3.75. The zero-order chi connectivity index (χ0) is 17.7. The maximum Gasteiger partial charge on any atom is 0.255 e. The molecule has 0 atom stereocenters. The van der Waals surface area contributed by atoms with Crippen molar-refractivity contribution in [1.29, 1.82) is 0 Å². The summed E-state index contributed by atoms with van der Waals surface area (Å²) in [5.41, 5.74) is 2.59. The minimum absolute atomic E-state index is 0.0112. The first-order valence-corrected chi connectivity index (χ1v) is 8.06. The standard InChI is InChI=1S/C18H27N5O/c1-20(2)10-11-22(5)18(24)16-8-6-7-9-17(16)23-14-15(12-19-23)13-21(3)4/h6-9,12,14H,10-11,13H2,1-5H3. The molecule has 0 aliphatic heterocycles. The number of carbonyl (C=O) groups excluding carboxylic acids is 1. The molecule has 24 heavy (non-hydrogen) atoms. The van der Waals surface area contributed by atoms with Crippen LogP contribution in [0.2, 0.25) is 0 Å². The largest absolute Gasteiger partial charge is 0.340 e. The minimum atomic E-state index is 0.0112. The predicted octanol–water partition coefficient (Wildman–Crippen LogP) is 1.57. The van der Waals surface area contributed by atoms with Crippen LogP contribution in [0.15, 0.2) is 36.7 Å². The summed E-state index contributed by atoms with van der Waals surface area (Å²) in [7, 11) is 9.89. The monoisotopic (exact) mass is 329 g/mol. The molecule has 0 aliphatic rings. The number of carbonyl (C=O) groups is 1. The molecule has 0 bridgehead atoms. The smallest absolute Gasteiger partial charge is 0.255 e. The second-order valence-corrected chi connectivity index (χ2v) is 6.58. The summed E-state index contributed by atoms with van der Waals surface area (Å²) in [6, 6.07) is 7.61. The fourth-order valence-electron chi connectivity index (χ4n) is 2.45. The number of nitrogens with zero attached hydrogens (tertiary/aromatic N) is 5. The lowest BCUT2D eigenvalue weighted by Gasteiger charge is -2.21. The molecule has 0 fully saturated rings. The maximum absolute atomic E-state index is 12.8. The van der Waals surface area contributed by atoms with Gasteiger partial charge < -0.3 is 14.7 Å². The van der Waals surface area contributed by atoms with Crippen molar-refractivity contribution in [3.8, 4) is 5.69 Å². The molecule has 0 radical (unpaired) electrons. The molecule has 1 heterocycles. The molecule has 130 valence electrons. The topological polar surface area (TPSA) is 44.6 Å². The van der Waals surface area contributed by atoms with Crippen LogP contribution in [0, 0.1) is 0 Å². The van der Waals surface area contributed by atoms with E-state index in [0.29, 0.717) is 12.1 Å². The molecule has 2 rings (SSSR count). The van der Waals surface area contributed by atoms with E-state index in [1.54, 1.807) is 9.58 Å². The van der Waals surface area contributed by atoms with Gasteiger partial charge in [0.1, 0.15) is 0 Å². The van der Waals surface area contributed by atoms with Crippen molar-refractivity contribution in [2.24, 2.45) is 0 Å². The van der Waals surface area contributed by atoms with Gasteiger partial charge >= 0.3 is 0 Å². The van der Waals surface area contributed by atoms with E-state index in [4.69, 9.17) is 0 Å². The van der Waals surface area contributed by atoms with Crippen LogP contribution in [0.4, 0.5) is 0 Å². The lowest BCUT2D eigenvalue weighted by atomic mass is 10.1. The number of amides is 1. The zero-order valence-corrected chi connectivity index (χ0v) is 15.2. The molecule has 0 aliphatic carbocycles. The Morgan fingerprint density at radius 1 is 1.04 bits per heavy atom. The van der Waals surface area contributed by atoms with Gasteiger partial charge in [-0.15, -0.1) is 0 Å². The van der Waals surface area contributed by atoms with Gasteiger partial charge in [0, 0.05) is 38.4 Å². The molecule has 1 aromatic carbocycles. The van der Waals surface area contributed by atoms with Crippen LogP contribution < -0.4 is 0 Å². The number of para-hydroxylation sites is 1. The number of aromatic nitrogens is 2. The average molecular weight is 329 g/mol. The third-order valence-corrected chi connectivity index (χ3v) is 3.75. The maximum atomic E-state index is 12.8. The summed E-state index contributed by atoms with van der Waals surface area (Å²) in [5.74, 6) is 0.0112. The Bertz CT molecular complexity index is 678. The van der Waals surface area contributed by atoms with Crippen molar-refractivity contribution in [1.82, 2.24) is 24.5 Å². The molecule has 6 nitrogen and oxygen atoms in total. The van der Waals surface area contributed by atoms with Gasteiger partial charge in [0.05, 0.1) is 17.4 Å². The van der Waals surface area contributed by atoms with Crippen molar-refractivity contribution in [3.05, 3.63) is 47.8 Å². The summed E-state index contributed by atoms with van der Waals surface area (Å²) in [4.78, 5) is 18.7. The Labute approximate surface area is 144 Å². The number of rotatable bonds is 7. The first kappa shape index (κ1) is 18.2. The molecule has 0 unspecified atom stereocenters. The Morgan fingerprint density at radius 3 is 2.42 bits per heavy atom. The molecule has 6 heteroatoms. The summed E-state index contributed by atoms with van der Waals surface area (Å²) in [5, 5.41) is 4.43. The van der Waals surface area contributed by atoms with Gasteiger partial charge in [-0.3, -0.25) is 4.79 Å². The Hall–Kier alpha value is -2.18. The first-order valence-electron chi connectivity index (χ1n) is 8.06. The summed E-state index contributed by atoms with van der Waals surface area (Å²) < 4.78 is 1.78. The van der Waals surface area contributed by atoms with E-state index in [1.807, 2.05) is 71.9 Å². The van der Waals surface area contributed by atoms with E-state index in [2.05, 4.69) is 14.9 Å². The molecular weight excluding hydrogens is 302 g/mol. The molecule has 1 aromatic heterocycles. The van der Waals surface area contributed by atoms with Crippen LogP contribution in [0.25, 0.3) is 5.69 Å². The highest BCUT2D eigenvalue weighted by molar-refractivity contribution is 5.97. The van der Waals surface area contributed by atoms with Crippen molar-refractivity contribution < 1.29 is 4.79 Å². The van der Waals surface area contributed by atoms with Crippen LogP contribution in [0.3, 0.4) is 0 Å². The van der Waals surface area contributed by atoms with Crippen molar-refractivity contribution in [3.63, 3.8) is 0 Å². The van der Waals surface area contributed by atoms with Gasteiger partial charge in [-0.05, 0) is 40.3 Å². The van der Waals surface area contributed by atoms with Gasteiger partial charge in [-0.1, -0.05) is 12.1 Å². The second-order valence-electron chi connectivity index (χ2n) is 6.58. The Balaban J connectivity index is 2.23. The van der Waals surface area contributed by atoms with Crippen molar-refractivity contribution in [2.75, 3.05) is 48.3 Å². The molecular formula is C18H27N5O. The van der Waals surface area contributed by atoms with Crippen molar-refractivity contribution in [2.45, 2.75) is 6.54 Å². The zero-order valence-electron chi connectivity index (χ0n) is 15.2. The lowest BCUT2D eigenvalue weighted by Crippen LogP contribution is -2.34. The third kappa shape index (κ3) is 4.66. The quantitative estimate of drug-likeness (QED) is 0.773. The van der Waals surface area contributed by atoms with E-state index < -0.39 is 0 Å². The molecule has 0 saturated carbocycles. The van der Waals surface area contributed by atoms with Gasteiger partial charge in [-0.2, -0.15) is 5.10 Å². The number of benzene rings is 1. The first-order chi connectivity index (χ1) is 11.4. The van der Waals surface area contributed by atoms with Gasteiger partial charge in [0.15, 0.2) is 0 Å². The summed E-state index contributed by atoms with van der Waals surface area (Å²) in [6.07, 6.45) is 3.82. The minimum Gasteiger partial charge on any atom is -0.340 e. The van der Waals surface area contributed by atoms with Gasteiger partial charge in [0.2, 0.25) is 0 Å². The predicted molar refractivity (Wildman–Crippen MR) is 96.5 cm³/mol. The van der Waals surface area contributed by atoms with Crippen molar-refractivity contribution >= 4 is 5.91 Å². The van der Waals surface area contributed by atoms with Gasteiger partial charge in [-0.25, -0.2) is 4.68 Å². The van der Waals surface area contributed by atoms with E-state index in [0.717, 1.165) is 24.3 Å². The van der Waals surface area contributed by atoms with Crippen LogP contribution >= 0.6 is 0 Å². The average Bonchev–Trinajstić information content (AvgIpc) is 2.99. The van der Waals surface area contributed by atoms with Crippen LogP contribution in [0.5, 0.6) is 0 Å². The Kier molecular flexibility index (Phi) is 6.11. The lowest BCUT2D eigenvalue weighted by molar-refractivity contribution is 0.0786. The highest BCUT2D eigenvalue weighted by Crippen LogP contribution is 2.16. The second kappa shape index (κ2) is 8.08. The van der Waals surface area contributed by atoms with Crippen LogP contribution in [-0.2, 0) is 6.54 Å². The Morgan fingerprint density at radius 2 is 1.75 bits per heavy atom. The SMILES string of the molecule is CN(C)CCN(C)C(=O)c1ccccc1-n1cc(CN(C)C)cn1. The van der Waals surface area contributed by atoms with E-state index in [1.165, 1.54) is 0 Å².